The third kappa shape index (κ3) is 4.34. The Morgan fingerprint density at radius 3 is 2.48 bits per heavy atom. The molecule has 0 atom stereocenters. The molecule has 2 aromatic carbocycles. The van der Waals surface area contributed by atoms with Gasteiger partial charge in [0.05, 0.1) is 13.7 Å². The van der Waals surface area contributed by atoms with Gasteiger partial charge in [-0.05, 0) is 49.1 Å². The zero-order valence-corrected chi connectivity index (χ0v) is 18.7. The van der Waals surface area contributed by atoms with Crippen molar-refractivity contribution >= 4 is 50.6 Å². The lowest BCUT2D eigenvalue weighted by atomic mass is 10.0. The number of aryl methyl sites for hydroxylation is 1. The van der Waals surface area contributed by atoms with Crippen molar-refractivity contribution in [1.82, 2.24) is 5.01 Å². The zero-order chi connectivity index (χ0) is 20.4. The van der Waals surface area contributed by atoms with Gasteiger partial charge in [0.15, 0.2) is 5.17 Å². The van der Waals surface area contributed by atoms with Crippen LogP contribution in [0.5, 0.6) is 5.75 Å². The molecule has 0 amide bonds. The molecule has 3 aromatic rings. The molecule has 0 saturated heterocycles. The molecule has 148 valence electrons. The molecule has 0 spiro atoms. The summed E-state index contributed by atoms with van der Waals surface area (Å²) in [6.07, 6.45) is 2.03. The number of thiophene rings is 1. The van der Waals surface area contributed by atoms with Crippen LogP contribution in [0, 0.1) is 6.92 Å². The van der Waals surface area contributed by atoms with E-state index in [2.05, 4.69) is 25.1 Å². The van der Waals surface area contributed by atoms with Gasteiger partial charge >= 0.3 is 0 Å². The molecule has 29 heavy (non-hydrogen) atoms. The number of hydrogen-bond donors (Lipinski definition) is 0. The SMILES string of the molecule is COc1ccc(CN2N=C(c3ccc(Cl)cc3)c3cc(C)sc3N=C2SC)cc1. The van der Waals surface area contributed by atoms with Gasteiger partial charge in [-0.1, -0.05) is 47.6 Å². The standard InChI is InChI=1S/C22H20ClN3OS2/c1-14-12-19-20(16-6-8-17(23)9-7-16)25-26(22(28-3)24-21(19)29-14)13-15-4-10-18(27-2)11-5-15/h4-12H,13H2,1-3H3. The predicted octanol–water partition coefficient (Wildman–Crippen LogP) is 6.34. The Balaban J connectivity index is 1.79. The molecule has 1 aliphatic heterocycles. The van der Waals surface area contributed by atoms with Crippen LogP contribution in [-0.2, 0) is 6.54 Å². The van der Waals surface area contributed by atoms with Gasteiger partial charge in [-0.3, -0.25) is 0 Å². The van der Waals surface area contributed by atoms with E-state index in [0.717, 1.165) is 38.3 Å². The number of thioether (sulfide) groups is 1. The normalized spacial score (nSPS) is 13.4. The smallest absolute Gasteiger partial charge is 0.185 e. The van der Waals surface area contributed by atoms with Gasteiger partial charge in [-0.15, -0.1) is 11.3 Å². The van der Waals surface area contributed by atoms with E-state index in [4.69, 9.17) is 26.4 Å². The summed E-state index contributed by atoms with van der Waals surface area (Å²) in [5, 5.41) is 9.58. The third-order valence-corrected chi connectivity index (χ3v) is 6.38. The maximum Gasteiger partial charge on any atom is 0.185 e. The Kier molecular flexibility index (Phi) is 5.94. The fourth-order valence-corrected chi connectivity index (χ4v) is 4.66. The van der Waals surface area contributed by atoms with E-state index in [-0.39, 0.29) is 0 Å². The number of fused-ring (bicyclic) bond motifs is 1. The van der Waals surface area contributed by atoms with E-state index in [1.54, 1.807) is 30.2 Å². The van der Waals surface area contributed by atoms with Crippen LogP contribution in [0.25, 0.3) is 0 Å². The van der Waals surface area contributed by atoms with Crippen molar-refractivity contribution in [1.29, 1.82) is 0 Å². The van der Waals surface area contributed by atoms with E-state index in [1.807, 2.05) is 47.7 Å². The lowest BCUT2D eigenvalue weighted by Gasteiger charge is -2.20. The summed E-state index contributed by atoms with van der Waals surface area (Å²) < 4.78 is 5.27. The van der Waals surface area contributed by atoms with E-state index >= 15 is 0 Å². The number of nitrogens with zero attached hydrogens (tertiary/aromatic N) is 3. The van der Waals surface area contributed by atoms with Crippen molar-refractivity contribution in [3.8, 4) is 5.75 Å². The zero-order valence-electron chi connectivity index (χ0n) is 16.3. The summed E-state index contributed by atoms with van der Waals surface area (Å²) in [7, 11) is 1.67. The minimum absolute atomic E-state index is 0.620. The summed E-state index contributed by atoms with van der Waals surface area (Å²) in [6.45, 7) is 2.72. The Hall–Kier alpha value is -2.28. The first-order valence-electron chi connectivity index (χ1n) is 9.06. The number of ether oxygens (including phenoxy) is 1. The fourth-order valence-electron chi connectivity index (χ4n) is 3.10. The number of aliphatic imine (C=N–C) groups is 1. The van der Waals surface area contributed by atoms with E-state index < -0.39 is 0 Å². The second-order valence-electron chi connectivity index (χ2n) is 6.54. The molecule has 0 fully saturated rings. The van der Waals surface area contributed by atoms with Crippen LogP contribution in [0.15, 0.2) is 64.7 Å². The average molecular weight is 442 g/mol. The Morgan fingerprint density at radius 1 is 1.10 bits per heavy atom. The van der Waals surface area contributed by atoms with Crippen molar-refractivity contribution in [3.05, 3.63) is 81.2 Å². The van der Waals surface area contributed by atoms with Crippen LogP contribution in [0.1, 0.15) is 21.6 Å². The van der Waals surface area contributed by atoms with E-state index in [9.17, 15) is 0 Å². The number of methoxy groups -OCH3 is 1. The van der Waals surface area contributed by atoms with Crippen LogP contribution >= 0.6 is 34.7 Å². The topological polar surface area (TPSA) is 37.2 Å². The number of rotatable bonds is 4. The van der Waals surface area contributed by atoms with Crippen LogP contribution in [0.2, 0.25) is 5.02 Å². The summed E-state index contributed by atoms with van der Waals surface area (Å²) in [6, 6.07) is 18.0. The van der Waals surface area contributed by atoms with Crippen molar-refractivity contribution in [2.24, 2.45) is 10.1 Å². The predicted molar refractivity (Wildman–Crippen MR) is 125 cm³/mol. The number of benzene rings is 2. The fraction of sp³-hybridized carbons (Fsp3) is 0.182. The first kappa shape index (κ1) is 20.0. The molecule has 1 aromatic heterocycles. The lowest BCUT2D eigenvalue weighted by Crippen LogP contribution is -2.23. The number of halogens is 1. The third-order valence-electron chi connectivity index (χ3n) is 4.52. The van der Waals surface area contributed by atoms with Crippen LogP contribution in [0.4, 0.5) is 5.00 Å². The summed E-state index contributed by atoms with van der Waals surface area (Å²) in [5.41, 5.74) is 4.11. The van der Waals surface area contributed by atoms with Gasteiger partial charge in [0.1, 0.15) is 16.5 Å². The molecule has 7 heteroatoms. The molecular formula is C22H20ClN3OS2. The number of hydrogen-bond acceptors (Lipinski definition) is 6. The Morgan fingerprint density at radius 2 is 1.83 bits per heavy atom. The molecule has 0 bridgehead atoms. The van der Waals surface area contributed by atoms with Crippen LogP contribution in [0.3, 0.4) is 0 Å². The van der Waals surface area contributed by atoms with Crippen molar-refractivity contribution < 1.29 is 4.74 Å². The van der Waals surface area contributed by atoms with Crippen molar-refractivity contribution in [3.63, 3.8) is 0 Å². The molecule has 0 radical (unpaired) electrons. The summed E-state index contributed by atoms with van der Waals surface area (Å²) >= 11 is 9.39. The highest BCUT2D eigenvalue weighted by atomic mass is 35.5. The highest BCUT2D eigenvalue weighted by Gasteiger charge is 2.23. The monoisotopic (exact) mass is 441 g/mol. The van der Waals surface area contributed by atoms with E-state index in [0.29, 0.717) is 11.6 Å². The average Bonchev–Trinajstić information content (AvgIpc) is 3.04. The highest BCUT2D eigenvalue weighted by molar-refractivity contribution is 8.13. The van der Waals surface area contributed by atoms with Crippen LogP contribution in [-0.4, -0.2) is 29.3 Å². The van der Waals surface area contributed by atoms with Gasteiger partial charge in [0.2, 0.25) is 0 Å². The highest BCUT2D eigenvalue weighted by Crippen LogP contribution is 2.36. The Labute approximate surface area is 183 Å². The first-order valence-corrected chi connectivity index (χ1v) is 11.5. The quantitative estimate of drug-likeness (QED) is 0.474. The minimum Gasteiger partial charge on any atom is -0.497 e. The molecular weight excluding hydrogens is 422 g/mol. The van der Waals surface area contributed by atoms with Crippen molar-refractivity contribution in [2.75, 3.05) is 13.4 Å². The minimum atomic E-state index is 0.620. The molecule has 0 unspecified atom stereocenters. The number of hydrazone groups is 1. The first-order chi connectivity index (χ1) is 14.1. The molecule has 0 aliphatic carbocycles. The number of amidine groups is 1. The molecule has 1 aliphatic rings. The largest absolute Gasteiger partial charge is 0.497 e. The molecule has 4 rings (SSSR count). The van der Waals surface area contributed by atoms with E-state index in [1.165, 1.54) is 4.88 Å². The maximum absolute atomic E-state index is 6.11. The molecule has 4 nitrogen and oxygen atoms in total. The van der Waals surface area contributed by atoms with Crippen LogP contribution < -0.4 is 4.74 Å². The van der Waals surface area contributed by atoms with Gasteiger partial charge in [-0.25, -0.2) is 10.0 Å². The lowest BCUT2D eigenvalue weighted by molar-refractivity contribution is 0.413. The van der Waals surface area contributed by atoms with Gasteiger partial charge in [-0.2, -0.15) is 5.10 Å². The van der Waals surface area contributed by atoms with Crippen molar-refractivity contribution in [2.45, 2.75) is 13.5 Å². The maximum atomic E-state index is 6.11. The van der Waals surface area contributed by atoms with Gasteiger partial charge < -0.3 is 4.74 Å². The molecule has 2 heterocycles. The molecule has 0 saturated carbocycles. The van der Waals surface area contributed by atoms with Gasteiger partial charge in [0, 0.05) is 21.0 Å². The summed E-state index contributed by atoms with van der Waals surface area (Å²) in [4.78, 5) is 6.15. The second-order valence-corrected chi connectivity index (χ2v) is 8.98. The van der Waals surface area contributed by atoms with Gasteiger partial charge in [0.25, 0.3) is 0 Å². The second kappa shape index (κ2) is 8.61. The molecule has 0 N–H and O–H groups in total. The summed E-state index contributed by atoms with van der Waals surface area (Å²) in [5.74, 6) is 0.839. The Bertz CT molecular complexity index is 1070.